The van der Waals surface area contributed by atoms with Crippen LogP contribution in [-0.4, -0.2) is 40.4 Å². The molecule has 1 aliphatic heterocycles. The molecule has 31 heavy (non-hydrogen) atoms. The number of allylic oxidation sites excluding steroid dienone is 1. The zero-order chi connectivity index (χ0) is 22.5. The molecule has 1 aliphatic rings. The van der Waals surface area contributed by atoms with Crippen LogP contribution in [0.15, 0.2) is 47.7 Å². The van der Waals surface area contributed by atoms with Gasteiger partial charge in [0.1, 0.15) is 11.5 Å². The number of para-hydroxylation sites is 1. The molecule has 3 amide bonds. The van der Waals surface area contributed by atoms with Crippen molar-refractivity contribution in [3.05, 3.63) is 53.2 Å². The number of ether oxygens (including phenoxy) is 4. The number of urea groups is 1. The Bertz CT molecular complexity index is 1030. The van der Waals surface area contributed by atoms with Crippen LogP contribution in [0, 0.1) is 0 Å². The lowest BCUT2D eigenvalue weighted by Gasteiger charge is -2.30. The molecule has 0 aromatic heterocycles. The average Bonchev–Trinajstić information content (AvgIpc) is 2.77. The van der Waals surface area contributed by atoms with Crippen molar-refractivity contribution >= 4 is 17.6 Å². The summed E-state index contributed by atoms with van der Waals surface area (Å²) in [7, 11) is 6.06. The van der Waals surface area contributed by atoms with Crippen LogP contribution in [0.3, 0.4) is 0 Å². The standard InChI is InChI=1S/C22H25N3O6/c1-12-18(21(26)24-15-11-13(28-2)9-10-16(15)29-3)19(25-22(27)23-12)14-7-6-8-17(30-4)20(14)31-5/h6-11,19H,1-5H3,(H,24,26)(H2,23,25,27). The van der Waals surface area contributed by atoms with Crippen LogP contribution < -0.4 is 34.9 Å². The van der Waals surface area contributed by atoms with Crippen LogP contribution in [0.1, 0.15) is 18.5 Å². The predicted octanol–water partition coefficient (Wildman–Crippen LogP) is 2.99. The number of hydrogen-bond donors (Lipinski definition) is 3. The van der Waals surface area contributed by atoms with E-state index in [0.717, 1.165) is 0 Å². The summed E-state index contributed by atoms with van der Waals surface area (Å²) in [5, 5.41) is 8.30. The van der Waals surface area contributed by atoms with Gasteiger partial charge in [0.05, 0.1) is 45.7 Å². The molecule has 0 fully saturated rings. The number of rotatable bonds is 7. The average molecular weight is 427 g/mol. The zero-order valence-electron chi connectivity index (χ0n) is 18.0. The molecule has 1 heterocycles. The first-order chi connectivity index (χ1) is 14.9. The third kappa shape index (κ3) is 4.35. The van der Waals surface area contributed by atoms with Gasteiger partial charge < -0.3 is 34.9 Å². The highest BCUT2D eigenvalue weighted by Gasteiger charge is 2.34. The maximum atomic E-state index is 13.4. The van der Waals surface area contributed by atoms with Crippen LogP contribution in [-0.2, 0) is 4.79 Å². The fraction of sp³-hybridized carbons (Fsp3) is 0.273. The fourth-order valence-corrected chi connectivity index (χ4v) is 3.47. The largest absolute Gasteiger partial charge is 0.497 e. The number of hydrogen-bond acceptors (Lipinski definition) is 6. The van der Waals surface area contributed by atoms with E-state index in [-0.39, 0.29) is 0 Å². The Labute approximate surface area is 180 Å². The highest BCUT2D eigenvalue weighted by molar-refractivity contribution is 6.07. The normalized spacial score (nSPS) is 15.5. The second-order valence-electron chi connectivity index (χ2n) is 6.67. The first-order valence-electron chi connectivity index (χ1n) is 9.46. The summed E-state index contributed by atoms with van der Waals surface area (Å²) in [4.78, 5) is 25.6. The molecule has 0 spiro atoms. The van der Waals surface area contributed by atoms with Crippen LogP contribution in [0.4, 0.5) is 10.5 Å². The van der Waals surface area contributed by atoms with Crippen molar-refractivity contribution in [2.75, 3.05) is 33.8 Å². The molecule has 2 aromatic carbocycles. The van der Waals surface area contributed by atoms with Crippen molar-refractivity contribution in [1.29, 1.82) is 0 Å². The van der Waals surface area contributed by atoms with E-state index in [1.165, 1.54) is 28.4 Å². The smallest absolute Gasteiger partial charge is 0.319 e. The van der Waals surface area contributed by atoms with Gasteiger partial charge in [-0.05, 0) is 25.1 Å². The summed E-state index contributed by atoms with van der Waals surface area (Å²) in [5.74, 6) is 1.51. The fourth-order valence-electron chi connectivity index (χ4n) is 3.47. The van der Waals surface area contributed by atoms with E-state index in [9.17, 15) is 9.59 Å². The molecule has 0 aliphatic carbocycles. The van der Waals surface area contributed by atoms with Crippen LogP contribution in [0.2, 0.25) is 0 Å². The molecule has 1 atom stereocenters. The third-order valence-corrected chi connectivity index (χ3v) is 4.91. The van der Waals surface area contributed by atoms with Gasteiger partial charge in [0, 0.05) is 17.3 Å². The molecule has 0 saturated carbocycles. The number of benzene rings is 2. The Morgan fingerprint density at radius 2 is 1.71 bits per heavy atom. The van der Waals surface area contributed by atoms with Gasteiger partial charge in [-0.25, -0.2) is 4.79 Å². The van der Waals surface area contributed by atoms with Crippen LogP contribution in [0.5, 0.6) is 23.0 Å². The van der Waals surface area contributed by atoms with Gasteiger partial charge in [0.15, 0.2) is 11.5 Å². The Hall–Kier alpha value is -3.88. The molecular weight excluding hydrogens is 402 g/mol. The van der Waals surface area contributed by atoms with E-state index in [0.29, 0.717) is 45.5 Å². The SMILES string of the molecule is COc1ccc(OC)c(NC(=O)C2=C(C)NC(=O)NC2c2cccc(OC)c2OC)c1. The van der Waals surface area contributed by atoms with Gasteiger partial charge in [-0.3, -0.25) is 4.79 Å². The second kappa shape index (κ2) is 9.29. The minimum Gasteiger partial charge on any atom is -0.497 e. The van der Waals surface area contributed by atoms with E-state index < -0.39 is 18.0 Å². The lowest BCUT2D eigenvalue weighted by atomic mass is 9.93. The van der Waals surface area contributed by atoms with Gasteiger partial charge in [-0.1, -0.05) is 12.1 Å². The number of carbonyl (C=O) groups is 2. The van der Waals surface area contributed by atoms with Crippen molar-refractivity contribution < 1.29 is 28.5 Å². The molecule has 3 N–H and O–H groups in total. The van der Waals surface area contributed by atoms with Gasteiger partial charge in [0.2, 0.25) is 0 Å². The number of anilines is 1. The number of carbonyl (C=O) groups excluding carboxylic acids is 2. The van der Waals surface area contributed by atoms with Crippen molar-refractivity contribution in [1.82, 2.24) is 10.6 Å². The third-order valence-electron chi connectivity index (χ3n) is 4.91. The number of nitrogens with one attached hydrogen (secondary N) is 3. The predicted molar refractivity (Wildman–Crippen MR) is 115 cm³/mol. The maximum Gasteiger partial charge on any atom is 0.319 e. The highest BCUT2D eigenvalue weighted by atomic mass is 16.5. The first-order valence-corrected chi connectivity index (χ1v) is 9.46. The minimum absolute atomic E-state index is 0.316. The molecule has 0 radical (unpaired) electrons. The lowest BCUT2D eigenvalue weighted by molar-refractivity contribution is -0.113. The van der Waals surface area contributed by atoms with E-state index in [4.69, 9.17) is 18.9 Å². The summed E-state index contributed by atoms with van der Waals surface area (Å²) in [5.41, 5.74) is 1.74. The van der Waals surface area contributed by atoms with Crippen molar-refractivity contribution in [2.24, 2.45) is 0 Å². The molecule has 3 rings (SSSR count). The molecule has 9 heteroatoms. The van der Waals surface area contributed by atoms with Crippen LogP contribution >= 0.6 is 0 Å². The summed E-state index contributed by atoms with van der Waals surface area (Å²) in [6.07, 6.45) is 0. The molecule has 1 unspecified atom stereocenters. The summed E-state index contributed by atoms with van der Waals surface area (Å²) in [6, 6.07) is 9.15. The van der Waals surface area contributed by atoms with Gasteiger partial charge in [0.25, 0.3) is 5.91 Å². The van der Waals surface area contributed by atoms with Crippen molar-refractivity contribution in [2.45, 2.75) is 13.0 Å². The topological polar surface area (TPSA) is 107 Å². The van der Waals surface area contributed by atoms with E-state index >= 15 is 0 Å². The Morgan fingerprint density at radius 3 is 2.35 bits per heavy atom. The monoisotopic (exact) mass is 427 g/mol. The summed E-state index contributed by atoms with van der Waals surface area (Å²) in [6.45, 7) is 1.66. The van der Waals surface area contributed by atoms with Gasteiger partial charge in [-0.15, -0.1) is 0 Å². The quantitative estimate of drug-likeness (QED) is 0.627. The highest BCUT2D eigenvalue weighted by Crippen LogP contribution is 2.39. The number of amides is 3. The van der Waals surface area contributed by atoms with E-state index in [1.54, 1.807) is 43.3 Å². The Morgan fingerprint density at radius 1 is 0.968 bits per heavy atom. The maximum absolute atomic E-state index is 13.4. The molecule has 9 nitrogen and oxygen atoms in total. The summed E-state index contributed by atoms with van der Waals surface area (Å²) < 4.78 is 21.5. The zero-order valence-corrected chi connectivity index (χ0v) is 18.0. The molecule has 164 valence electrons. The van der Waals surface area contributed by atoms with E-state index in [2.05, 4.69) is 16.0 Å². The second-order valence-corrected chi connectivity index (χ2v) is 6.67. The Balaban J connectivity index is 2.05. The lowest BCUT2D eigenvalue weighted by Crippen LogP contribution is -2.46. The van der Waals surface area contributed by atoms with Gasteiger partial charge >= 0.3 is 6.03 Å². The minimum atomic E-state index is -0.768. The first kappa shape index (κ1) is 21.8. The molecule has 0 saturated heterocycles. The Kier molecular flexibility index (Phi) is 6.54. The van der Waals surface area contributed by atoms with Crippen LogP contribution in [0.25, 0.3) is 0 Å². The van der Waals surface area contributed by atoms with Gasteiger partial charge in [-0.2, -0.15) is 0 Å². The number of methoxy groups -OCH3 is 4. The summed E-state index contributed by atoms with van der Waals surface area (Å²) >= 11 is 0. The van der Waals surface area contributed by atoms with Crippen molar-refractivity contribution in [3.63, 3.8) is 0 Å². The molecular formula is C22H25N3O6. The molecule has 0 bridgehead atoms. The van der Waals surface area contributed by atoms with Crippen molar-refractivity contribution in [3.8, 4) is 23.0 Å². The van der Waals surface area contributed by atoms with E-state index in [1.807, 2.05) is 0 Å². The molecule has 2 aromatic rings.